The van der Waals surface area contributed by atoms with E-state index in [1.54, 1.807) is 0 Å². The second kappa shape index (κ2) is 17.1. The van der Waals surface area contributed by atoms with Gasteiger partial charge in [0.05, 0.1) is 30.8 Å². The molecule has 0 aromatic carbocycles. The third-order valence-electron chi connectivity index (χ3n) is 14.6. The van der Waals surface area contributed by atoms with E-state index in [1.165, 1.54) is 0 Å². The minimum atomic E-state index is -1.81. The number of aliphatic hydroxyl groups excluding tert-OH is 11. The van der Waals surface area contributed by atoms with E-state index in [9.17, 15) is 61.0 Å². The molecule has 57 heavy (non-hydrogen) atoms. The topological polar surface area (TPSA) is 295 Å². The highest BCUT2D eigenvalue weighted by molar-refractivity contribution is 5.77. The van der Waals surface area contributed by atoms with Crippen LogP contribution in [-0.2, 0) is 33.2 Å². The van der Waals surface area contributed by atoms with Gasteiger partial charge in [0.15, 0.2) is 12.6 Å². The van der Waals surface area contributed by atoms with Crippen molar-refractivity contribution in [1.29, 1.82) is 0 Å². The van der Waals surface area contributed by atoms with Gasteiger partial charge in [-0.25, -0.2) is 0 Å². The van der Waals surface area contributed by atoms with Crippen LogP contribution >= 0.6 is 0 Å². The number of esters is 1. The van der Waals surface area contributed by atoms with Crippen LogP contribution in [0.15, 0.2) is 12.7 Å². The van der Waals surface area contributed by atoms with Crippen molar-refractivity contribution in [1.82, 2.24) is 0 Å². The van der Waals surface area contributed by atoms with Crippen molar-refractivity contribution in [3.05, 3.63) is 12.7 Å². The van der Waals surface area contributed by atoms with E-state index in [4.69, 9.17) is 28.4 Å². The van der Waals surface area contributed by atoms with E-state index in [0.717, 1.165) is 6.42 Å². The molecule has 0 bridgehead atoms. The Bertz CT molecular complexity index is 1400. The highest BCUT2D eigenvalue weighted by atomic mass is 16.8. The van der Waals surface area contributed by atoms with Gasteiger partial charge < -0.3 is 84.6 Å². The number of rotatable bonds is 11. The highest BCUT2D eigenvalue weighted by Crippen LogP contribution is 2.70. The summed E-state index contributed by atoms with van der Waals surface area (Å²) in [6.45, 7) is 8.04. The number of allylic oxidation sites excluding steroid dienone is 1. The van der Waals surface area contributed by atoms with Gasteiger partial charge in [-0.05, 0) is 87.9 Å². The molecule has 15 unspecified atom stereocenters. The zero-order valence-corrected chi connectivity index (χ0v) is 32.9. The lowest BCUT2D eigenvalue weighted by atomic mass is 9.39. The average molecular weight is 821 g/mol. The lowest BCUT2D eigenvalue weighted by Crippen LogP contribution is -2.66. The van der Waals surface area contributed by atoms with E-state index in [2.05, 4.69) is 13.5 Å². The standard InChI is InChI=1S/C39H64O18/c1-5-9-39-13-8-21-37(3,10-6-11-38(21,4)35(51)56-33-30(50)27(47)24(44)19(15-41)53-33)22(39)7-12-36(2,17-39)57-34-31(28(48)25(45)20(16-42)54-34)55-32-29(49)26(46)23(43)18(14-40)52-32/h5,18-34,40-50H,1,6-17H2,2-4H3/t18?,19?,20?,21-,22-,23?,24?,25?,26?,27?,28?,29?,30?,31?,32?,33?,34?,36-,37+,38+,39-/m0/s1. The van der Waals surface area contributed by atoms with Crippen molar-refractivity contribution in [2.24, 2.45) is 28.1 Å². The van der Waals surface area contributed by atoms with E-state index < -0.39 is 129 Å². The number of fused-ring (bicyclic) bond motifs is 3. The maximum absolute atomic E-state index is 14.2. The molecule has 0 aromatic rings. The lowest BCUT2D eigenvalue weighted by Gasteiger charge is -2.66. The molecule has 21 atom stereocenters. The summed E-state index contributed by atoms with van der Waals surface area (Å²) in [6, 6.07) is 0. The Hall–Kier alpha value is -1.43. The third kappa shape index (κ3) is 7.97. The van der Waals surface area contributed by atoms with Crippen LogP contribution in [0.4, 0.5) is 0 Å². The molecule has 18 nitrogen and oxygen atoms in total. The van der Waals surface area contributed by atoms with E-state index >= 15 is 0 Å². The summed E-state index contributed by atoms with van der Waals surface area (Å²) in [5.74, 6) is -0.671. The van der Waals surface area contributed by atoms with Crippen LogP contribution in [0, 0.1) is 28.1 Å². The molecule has 18 heteroatoms. The van der Waals surface area contributed by atoms with Crippen molar-refractivity contribution in [3.63, 3.8) is 0 Å². The molecule has 3 saturated carbocycles. The fourth-order valence-electron chi connectivity index (χ4n) is 11.7. The molecular formula is C39H64O18. The summed E-state index contributed by atoms with van der Waals surface area (Å²) >= 11 is 0. The molecule has 6 aliphatic rings. The molecule has 3 aliphatic heterocycles. The van der Waals surface area contributed by atoms with Gasteiger partial charge in [-0.15, -0.1) is 6.58 Å². The summed E-state index contributed by atoms with van der Waals surface area (Å²) in [5.41, 5.74) is -2.68. The Morgan fingerprint density at radius 3 is 1.77 bits per heavy atom. The van der Waals surface area contributed by atoms with Gasteiger partial charge in [0, 0.05) is 0 Å². The van der Waals surface area contributed by atoms with Gasteiger partial charge in [-0.1, -0.05) is 19.4 Å². The molecule has 0 spiro atoms. The number of carbonyl (C=O) groups excluding carboxylic acids is 1. The summed E-state index contributed by atoms with van der Waals surface area (Å²) in [4.78, 5) is 14.2. The average Bonchev–Trinajstić information content (AvgIpc) is 3.17. The molecule has 3 saturated heterocycles. The summed E-state index contributed by atoms with van der Waals surface area (Å²) in [6.07, 6.45) is -16.1. The molecule has 0 radical (unpaired) electrons. The highest BCUT2D eigenvalue weighted by Gasteiger charge is 2.66. The smallest absolute Gasteiger partial charge is 0.314 e. The van der Waals surface area contributed by atoms with Crippen LogP contribution in [0.2, 0.25) is 0 Å². The van der Waals surface area contributed by atoms with Gasteiger partial charge in [-0.3, -0.25) is 4.79 Å². The van der Waals surface area contributed by atoms with Crippen molar-refractivity contribution in [2.75, 3.05) is 19.8 Å². The zero-order valence-electron chi connectivity index (χ0n) is 32.9. The maximum Gasteiger partial charge on any atom is 0.314 e. The number of ether oxygens (including phenoxy) is 6. The fraction of sp³-hybridized carbons (Fsp3) is 0.923. The predicted molar refractivity (Wildman–Crippen MR) is 193 cm³/mol. The molecule has 0 aromatic heterocycles. The quantitative estimate of drug-likeness (QED) is 0.0593. The van der Waals surface area contributed by atoms with Crippen molar-refractivity contribution >= 4 is 5.97 Å². The van der Waals surface area contributed by atoms with Gasteiger partial charge in [0.25, 0.3) is 0 Å². The van der Waals surface area contributed by atoms with Crippen molar-refractivity contribution in [2.45, 2.75) is 176 Å². The first-order chi connectivity index (χ1) is 26.8. The van der Waals surface area contributed by atoms with Crippen LogP contribution in [0.3, 0.4) is 0 Å². The van der Waals surface area contributed by atoms with E-state index in [1.807, 2.05) is 19.9 Å². The second-order valence-electron chi connectivity index (χ2n) is 18.2. The molecule has 0 amide bonds. The van der Waals surface area contributed by atoms with E-state index in [0.29, 0.717) is 51.4 Å². The Labute approximate surface area is 331 Å². The Kier molecular flexibility index (Phi) is 13.6. The third-order valence-corrected chi connectivity index (χ3v) is 14.6. The monoisotopic (exact) mass is 820 g/mol. The molecule has 328 valence electrons. The Morgan fingerprint density at radius 2 is 1.19 bits per heavy atom. The number of aliphatic hydroxyl groups is 11. The molecule has 6 fully saturated rings. The van der Waals surface area contributed by atoms with Gasteiger partial charge in [0.2, 0.25) is 6.29 Å². The lowest BCUT2D eigenvalue weighted by molar-refractivity contribution is -0.381. The van der Waals surface area contributed by atoms with Gasteiger partial charge in [0.1, 0.15) is 73.2 Å². The van der Waals surface area contributed by atoms with Gasteiger partial charge >= 0.3 is 5.97 Å². The van der Waals surface area contributed by atoms with E-state index in [-0.39, 0.29) is 22.7 Å². The van der Waals surface area contributed by atoms with Crippen LogP contribution in [0.1, 0.15) is 78.6 Å². The largest absolute Gasteiger partial charge is 0.432 e. The first-order valence-electron chi connectivity index (χ1n) is 20.2. The Balaban J connectivity index is 1.23. The van der Waals surface area contributed by atoms with Crippen molar-refractivity contribution < 1.29 is 89.4 Å². The molecule has 3 heterocycles. The first-order valence-corrected chi connectivity index (χ1v) is 20.2. The molecule has 6 rings (SSSR count). The first kappa shape index (κ1) is 45.1. The minimum Gasteiger partial charge on any atom is -0.432 e. The minimum absolute atomic E-state index is 0.0733. The summed E-state index contributed by atoms with van der Waals surface area (Å²) in [5, 5.41) is 114. The molecule has 11 N–H and O–H groups in total. The van der Waals surface area contributed by atoms with Crippen LogP contribution in [0.5, 0.6) is 0 Å². The predicted octanol–water partition coefficient (Wildman–Crippen LogP) is -2.30. The Morgan fingerprint density at radius 1 is 0.667 bits per heavy atom. The second-order valence-corrected chi connectivity index (χ2v) is 18.2. The normalized spacial score (nSPS) is 53.0. The summed E-state index contributed by atoms with van der Waals surface area (Å²) < 4.78 is 35.5. The van der Waals surface area contributed by atoms with Crippen LogP contribution in [0.25, 0.3) is 0 Å². The maximum atomic E-state index is 14.2. The number of carbonyl (C=O) groups is 1. The van der Waals surface area contributed by atoms with Gasteiger partial charge in [-0.2, -0.15) is 0 Å². The molecular weight excluding hydrogens is 756 g/mol. The fourth-order valence-corrected chi connectivity index (χ4v) is 11.7. The number of hydrogen-bond acceptors (Lipinski definition) is 18. The number of hydrogen-bond donors (Lipinski definition) is 11. The zero-order chi connectivity index (χ0) is 41.8. The summed E-state index contributed by atoms with van der Waals surface area (Å²) in [7, 11) is 0. The van der Waals surface area contributed by atoms with Crippen molar-refractivity contribution in [3.8, 4) is 0 Å². The van der Waals surface area contributed by atoms with Crippen LogP contribution < -0.4 is 0 Å². The molecule has 3 aliphatic carbocycles. The van der Waals surface area contributed by atoms with Crippen LogP contribution in [-0.4, -0.2) is 180 Å². The SMILES string of the molecule is C=CC[C@@]12CC[C@H]3[C@@](C)(CCC[C@@]3(C)C(=O)OC3OC(CO)C(O)C(O)C3O)[C@@H]1CC[C@](C)(OC1OC(CO)C(O)C(O)C1OC1OC(CO)C(O)C(O)C1O)C2.